The van der Waals surface area contributed by atoms with E-state index in [1.165, 1.54) is 18.1 Å². The fourth-order valence-electron chi connectivity index (χ4n) is 1.60. The van der Waals surface area contributed by atoms with Crippen LogP contribution in [0.5, 0.6) is 0 Å². The van der Waals surface area contributed by atoms with Crippen molar-refractivity contribution < 1.29 is 19.8 Å². The highest BCUT2D eigenvalue weighted by Gasteiger charge is 2.30. The maximum absolute atomic E-state index is 11.9. The number of hydrogen-bond acceptors (Lipinski definition) is 6. The fourth-order valence-corrected chi connectivity index (χ4v) is 2.33. The molecule has 23 heavy (non-hydrogen) atoms. The Morgan fingerprint density at radius 1 is 1.35 bits per heavy atom. The number of nitrogens with one attached hydrogen (secondary N) is 2. The number of carbonyl (C=O) groups is 2. The van der Waals surface area contributed by atoms with Crippen molar-refractivity contribution in [3.05, 3.63) is 41.7 Å². The molecule has 9 heteroatoms. The van der Waals surface area contributed by atoms with Crippen molar-refractivity contribution in [3.8, 4) is 0 Å². The van der Waals surface area contributed by atoms with Crippen molar-refractivity contribution in [3.63, 3.8) is 0 Å². The Hall–Kier alpha value is -2.39. The largest absolute Gasteiger partial charge is 0.479 e. The smallest absolute Gasteiger partial charge is 0.337 e. The second kappa shape index (κ2) is 7.25. The molecule has 1 aromatic carbocycles. The molecule has 2 rings (SSSR count). The predicted molar refractivity (Wildman–Crippen MR) is 83.0 cm³/mol. The summed E-state index contributed by atoms with van der Waals surface area (Å²) in [6.45, 7) is 0.754. The van der Waals surface area contributed by atoms with E-state index in [-0.39, 0.29) is 6.54 Å². The first-order chi connectivity index (χ1) is 10.9. The van der Waals surface area contributed by atoms with E-state index in [9.17, 15) is 14.7 Å². The molecule has 0 saturated heterocycles. The van der Waals surface area contributed by atoms with Gasteiger partial charge in [0.25, 0.3) is 5.91 Å². The van der Waals surface area contributed by atoms with Crippen LogP contribution in [0, 0.1) is 0 Å². The summed E-state index contributed by atoms with van der Waals surface area (Å²) in [4.78, 5) is 26.7. The molecule has 0 spiro atoms. The van der Waals surface area contributed by atoms with Crippen LogP contribution in [0.25, 0.3) is 0 Å². The Bertz CT molecular complexity index is 671. The highest BCUT2D eigenvalue weighted by molar-refractivity contribution is 7.98. The number of amides is 1. The van der Waals surface area contributed by atoms with Crippen LogP contribution in [0.1, 0.15) is 22.8 Å². The molecule has 4 N–H and O–H groups in total. The quantitative estimate of drug-likeness (QED) is 0.547. The Balaban J connectivity index is 1.88. The van der Waals surface area contributed by atoms with E-state index in [4.69, 9.17) is 5.11 Å². The van der Waals surface area contributed by atoms with Gasteiger partial charge in [-0.25, -0.2) is 9.78 Å². The number of aromatic amines is 1. The zero-order valence-corrected chi connectivity index (χ0v) is 13.1. The van der Waals surface area contributed by atoms with Gasteiger partial charge >= 0.3 is 5.97 Å². The van der Waals surface area contributed by atoms with Crippen molar-refractivity contribution in [2.24, 2.45) is 0 Å². The van der Waals surface area contributed by atoms with Gasteiger partial charge in [-0.05, 0) is 24.6 Å². The number of H-pyrrole nitrogens is 1. The van der Waals surface area contributed by atoms with E-state index in [0.717, 1.165) is 12.5 Å². The summed E-state index contributed by atoms with van der Waals surface area (Å²) in [7, 11) is 0. The third-order valence-electron chi connectivity index (χ3n) is 3.04. The first kappa shape index (κ1) is 17.0. The first-order valence-electron chi connectivity index (χ1n) is 6.69. The maximum atomic E-state index is 11.9. The van der Waals surface area contributed by atoms with E-state index in [2.05, 4.69) is 20.5 Å². The number of nitrogens with zero attached hydrogens (tertiary/aromatic N) is 2. The van der Waals surface area contributed by atoms with Crippen molar-refractivity contribution in [1.82, 2.24) is 20.5 Å². The van der Waals surface area contributed by atoms with Gasteiger partial charge in [-0.1, -0.05) is 23.9 Å². The number of thioether (sulfide) groups is 1. The van der Waals surface area contributed by atoms with Crippen LogP contribution in [-0.2, 0) is 10.5 Å². The number of carboxylic acids is 1. The lowest BCUT2D eigenvalue weighted by atomic mass is 10.1. The van der Waals surface area contributed by atoms with E-state index in [1.54, 1.807) is 24.3 Å². The Morgan fingerprint density at radius 3 is 2.61 bits per heavy atom. The Morgan fingerprint density at radius 2 is 2.04 bits per heavy atom. The topological polar surface area (TPSA) is 128 Å². The number of aromatic nitrogens is 3. The normalized spacial score (nSPS) is 13.3. The van der Waals surface area contributed by atoms with E-state index < -0.39 is 17.5 Å². The Labute approximate surface area is 136 Å². The highest BCUT2D eigenvalue weighted by atomic mass is 32.2. The molecule has 0 fully saturated rings. The van der Waals surface area contributed by atoms with Crippen LogP contribution in [0.2, 0.25) is 0 Å². The minimum absolute atomic E-state index is 0.371. The van der Waals surface area contributed by atoms with Gasteiger partial charge in [0.2, 0.25) is 0 Å². The second-order valence-corrected chi connectivity index (χ2v) is 6.00. The number of carbonyl (C=O) groups excluding carboxylic acids is 1. The molecule has 0 radical (unpaired) electrons. The molecule has 122 valence electrons. The summed E-state index contributed by atoms with van der Waals surface area (Å²) in [5.74, 6) is -1.16. The van der Waals surface area contributed by atoms with Crippen molar-refractivity contribution >= 4 is 23.6 Å². The maximum Gasteiger partial charge on any atom is 0.337 e. The standard InChI is InChI=1S/C14H16N4O4S/c1-14(22,12(20)21)7-15-11(19)10-4-2-9(3-5-10)6-23-13-16-8-17-18-13/h2-5,8,22H,6-7H2,1H3,(H,15,19)(H,20,21)(H,16,17,18). The van der Waals surface area contributed by atoms with Crippen LogP contribution < -0.4 is 5.32 Å². The fraction of sp³-hybridized carbons (Fsp3) is 0.286. The van der Waals surface area contributed by atoms with Gasteiger partial charge in [-0.2, -0.15) is 5.10 Å². The third kappa shape index (κ3) is 4.80. The van der Waals surface area contributed by atoms with E-state index in [0.29, 0.717) is 16.5 Å². The molecule has 0 bridgehead atoms. The lowest BCUT2D eigenvalue weighted by Gasteiger charge is -2.18. The molecule has 1 aromatic heterocycles. The number of aliphatic hydroxyl groups is 1. The van der Waals surface area contributed by atoms with Gasteiger partial charge in [-0.3, -0.25) is 9.89 Å². The van der Waals surface area contributed by atoms with E-state index in [1.807, 2.05) is 0 Å². The zero-order chi connectivity index (χ0) is 16.9. The van der Waals surface area contributed by atoms with Gasteiger partial charge < -0.3 is 15.5 Å². The molecule has 1 heterocycles. The SMILES string of the molecule is CC(O)(CNC(=O)c1ccc(CSc2ncn[nH]2)cc1)C(=O)O. The average molecular weight is 336 g/mol. The predicted octanol–water partition coefficient (Wildman–Crippen LogP) is 0.662. The molecule has 0 aliphatic heterocycles. The lowest BCUT2D eigenvalue weighted by Crippen LogP contribution is -2.46. The van der Waals surface area contributed by atoms with Crippen LogP contribution in [0.15, 0.2) is 35.7 Å². The molecule has 0 aliphatic rings. The summed E-state index contributed by atoms with van der Waals surface area (Å²) in [6.07, 6.45) is 1.43. The van der Waals surface area contributed by atoms with Crippen molar-refractivity contribution in [2.75, 3.05) is 6.54 Å². The van der Waals surface area contributed by atoms with Gasteiger partial charge in [0, 0.05) is 11.3 Å². The average Bonchev–Trinajstić information content (AvgIpc) is 3.04. The van der Waals surface area contributed by atoms with Crippen LogP contribution >= 0.6 is 11.8 Å². The van der Waals surface area contributed by atoms with Gasteiger partial charge in [0.15, 0.2) is 10.8 Å². The van der Waals surface area contributed by atoms with Crippen molar-refractivity contribution in [2.45, 2.75) is 23.4 Å². The molecule has 0 aliphatic carbocycles. The molecule has 1 atom stereocenters. The van der Waals surface area contributed by atoms with Crippen LogP contribution in [0.4, 0.5) is 0 Å². The highest BCUT2D eigenvalue weighted by Crippen LogP contribution is 2.18. The molecule has 1 amide bonds. The lowest BCUT2D eigenvalue weighted by molar-refractivity contribution is -0.155. The first-order valence-corrected chi connectivity index (χ1v) is 7.68. The van der Waals surface area contributed by atoms with Crippen LogP contribution in [-0.4, -0.2) is 49.4 Å². The number of benzene rings is 1. The molecule has 2 aromatic rings. The minimum Gasteiger partial charge on any atom is -0.479 e. The van der Waals surface area contributed by atoms with E-state index >= 15 is 0 Å². The molecule has 1 unspecified atom stereocenters. The summed E-state index contributed by atoms with van der Waals surface area (Å²) in [5, 5.41) is 27.9. The van der Waals surface area contributed by atoms with Gasteiger partial charge in [-0.15, -0.1) is 0 Å². The second-order valence-electron chi connectivity index (χ2n) is 5.04. The van der Waals surface area contributed by atoms with Crippen LogP contribution in [0.3, 0.4) is 0 Å². The van der Waals surface area contributed by atoms with Crippen molar-refractivity contribution in [1.29, 1.82) is 0 Å². The molecule has 0 saturated carbocycles. The number of aliphatic carboxylic acids is 1. The molecular formula is C14H16N4O4S. The summed E-state index contributed by atoms with van der Waals surface area (Å²) in [5.41, 5.74) is -0.608. The number of carboxylic acid groups (broad SMARTS) is 1. The molecule has 8 nitrogen and oxygen atoms in total. The van der Waals surface area contributed by atoms with Gasteiger partial charge in [0.1, 0.15) is 6.33 Å². The number of hydrogen-bond donors (Lipinski definition) is 4. The van der Waals surface area contributed by atoms with Gasteiger partial charge in [0.05, 0.1) is 6.54 Å². The summed E-state index contributed by atoms with van der Waals surface area (Å²) < 4.78 is 0. The zero-order valence-electron chi connectivity index (χ0n) is 12.3. The number of rotatable bonds is 7. The third-order valence-corrected chi connectivity index (χ3v) is 3.99. The monoisotopic (exact) mass is 336 g/mol. The minimum atomic E-state index is -2.00. The Kier molecular flexibility index (Phi) is 5.35. The molecular weight excluding hydrogens is 320 g/mol. The summed E-state index contributed by atoms with van der Waals surface area (Å²) >= 11 is 1.48. The summed E-state index contributed by atoms with van der Waals surface area (Å²) in [6, 6.07) is 6.88.